The molecule has 0 bridgehead atoms. The van der Waals surface area contributed by atoms with Crippen molar-refractivity contribution < 1.29 is 9.53 Å². The summed E-state index contributed by atoms with van der Waals surface area (Å²) in [4.78, 5) is 11.9. The van der Waals surface area contributed by atoms with E-state index in [1.807, 2.05) is 24.3 Å². The number of rotatable bonds is 5. The SMILES string of the molecule is CCOC(=O)c1n[nH]nc1-c1ccc(-c2ccc(CC)cc2)cc1. The number of aromatic amines is 1. The maximum Gasteiger partial charge on any atom is 0.361 e. The van der Waals surface area contributed by atoms with E-state index in [4.69, 9.17) is 4.74 Å². The first-order valence-electron chi connectivity index (χ1n) is 8.00. The van der Waals surface area contributed by atoms with Crippen LogP contribution in [0.25, 0.3) is 22.4 Å². The van der Waals surface area contributed by atoms with Crippen molar-refractivity contribution in [1.29, 1.82) is 0 Å². The van der Waals surface area contributed by atoms with E-state index in [0.29, 0.717) is 12.3 Å². The first-order valence-corrected chi connectivity index (χ1v) is 8.00. The van der Waals surface area contributed by atoms with Crippen molar-refractivity contribution in [3.8, 4) is 22.4 Å². The number of esters is 1. The highest BCUT2D eigenvalue weighted by molar-refractivity contribution is 5.94. The molecule has 0 aliphatic heterocycles. The Hall–Kier alpha value is -2.95. The summed E-state index contributed by atoms with van der Waals surface area (Å²) in [6, 6.07) is 16.4. The third-order valence-electron chi connectivity index (χ3n) is 3.87. The van der Waals surface area contributed by atoms with Crippen LogP contribution in [0.1, 0.15) is 29.9 Å². The van der Waals surface area contributed by atoms with Gasteiger partial charge in [0.1, 0.15) is 5.69 Å². The molecule has 0 saturated carbocycles. The molecule has 0 amide bonds. The number of H-pyrrole nitrogens is 1. The topological polar surface area (TPSA) is 67.9 Å². The first-order chi connectivity index (χ1) is 11.7. The molecule has 1 aromatic heterocycles. The van der Waals surface area contributed by atoms with Crippen LogP contribution < -0.4 is 0 Å². The molecule has 5 nitrogen and oxygen atoms in total. The summed E-state index contributed by atoms with van der Waals surface area (Å²) < 4.78 is 5.00. The molecule has 0 radical (unpaired) electrons. The quantitative estimate of drug-likeness (QED) is 0.724. The van der Waals surface area contributed by atoms with Crippen LogP contribution in [0.5, 0.6) is 0 Å². The van der Waals surface area contributed by atoms with Gasteiger partial charge in [-0.15, -0.1) is 5.10 Å². The normalized spacial score (nSPS) is 10.6. The van der Waals surface area contributed by atoms with Crippen molar-refractivity contribution in [1.82, 2.24) is 15.4 Å². The summed E-state index contributed by atoms with van der Waals surface area (Å²) in [6.45, 7) is 4.21. The van der Waals surface area contributed by atoms with E-state index in [1.54, 1.807) is 6.92 Å². The van der Waals surface area contributed by atoms with E-state index in [1.165, 1.54) is 5.56 Å². The molecular formula is C19H19N3O2. The van der Waals surface area contributed by atoms with Crippen molar-refractivity contribution in [3.63, 3.8) is 0 Å². The molecule has 3 aromatic rings. The second-order valence-corrected chi connectivity index (χ2v) is 5.37. The van der Waals surface area contributed by atoms with Crippen LogP contribution in [-0.4, -0.2) is 28.0 Å². The van der Waals surface area contributed by atoms with E-state index in [9.17, 15) is 4.79 Å². The van der Waals surface area contributed by atoms with Gasteiger partial charge in [-0.1, -0.05) is 55.5 Å². The van der Waals surface area contributed by atoms with Crippen LogP contribution in [0, 0.1) is 0 Å². The third-order valence-corrected chi connectivity index (χ3v) is 3.87. The first kappa shape index (κ1) is 15.9. The van der Waals surface area contributed by atoms with Crippen molar-refractivity contribution in [2.24, 2.45) is 0 Å². The molecular weight excluding hydrogens is 302 g/mol. The van der Waals surface area contributed by atoms with Crippen LogP contribution in [0.15, 0.2) is 48.5 Å². The van der Waals surface area contributed by atoms with Crippen molar-refractivity contribution in [3.05, 3.63) is 59.8 Å². The molecule has 0 atom stereocenters. The third kappa shape index (κ3) is 3.20. The lowest BCUT2D eigenvalue weighted by atomic mass is 10.0. The molecule has 2 aromatic carbocycles. The van der Waals surface area contributed by atoms with Gasteiger partial charge in [0.2, 0.25) is 0 Å². The van der Waals surface area contributed by atoms with E-state index in [-0.39, 0.29) is 5.69 Å². The number of carbonyl (C=O) groups is 1. The van der Waals surface area contributed by atoms with Gasteiger partial charge in [0.05, 0.1) is 6.61 Å². The Morgan fingerprint density at radius 2 is 1.50 bits per heavy atom. The lowest BCUT2D eigenvalue weighted by Crippen LogP contribution is -2.06. The zero-order valence-electron chi connectivity index (χ0n) is 13.7. The smallest absolute Gasteiger partial charge is 0.361 e. The summed E-state index contributed by atoms with van der Waals surface area (Å²) in [5.74, 6) is -0.472. The van der Waals surface area contributed by atoms with Gasteiger partial charge in [-0.25, -0.2) is 4.79 Å². The number of hydrogen-bond acceptors (Lipinski definition) is 4. The second-order valence-electron chi connectivity index (χ2n) is 5.37. The monoisotopic (exact) mass is 321 g/mol. The van der Waals surface area contributed by atoms with Gasteiger partial charge in [0, 0.05) is 5.56 Å². The van der Waals surface area contributed by atoms with Crippen LogP contribution in [0.4, 0.5) is 0 Å². The zero-order valence-corrected chi connectivity index (χ0v) is 13.7. The van der Waals surface area contributed by atoms with Gasteiger partial charge < -0.3 is 4.74 Å². The molecule has 0 spiro atoms. The van der Waals surface area contributed by atoms with E-state index >= 15 is 0 Å². The highest BCUT2D eigenvalue weighted by atomic mass is 16.5. The van der Waals surface area contributed by atoms with Crippen LogP contribution >= 0.6 is 0 Å². The number of hydrogen-bond donors (Lipinski definition) is 1. The number of benzene rings is 2. The number of aryl methyl sites for hydroxylation is 1. The van der Waals surface area contributed by atoms with Gasteiger partial charge in [-0.05, 0) is 30.0 Å². The Labute approximate surface area is 140 Å². The predicted octanol–water partition coefficient (Wildman–Crippen LogP) is 3.88. The number of ether oxygens (including phenoxy) is 1. The number of nitrogens with zero attached hydrogens (tertiary/aromatic N) is 2. The molecule has 0 aliphatic rings. The van der Waals surface area contributed by atoms with Crippen LogP contribution in [-0.2, 0) is 11.2 Å². The minimum absolute atomic E-state index is 0.205. The van der Waals surface area contributed by atoms with Crippen molar-refractivity contribution >= 4 is 5.97 Å². The molecule has 0 aliphatic carbocycles. The Morgan fingerprint density at radius 1 is 0.917 bits per heavy atom. The maximum atomic E-state index is 11.9. The fraction of sp³-hybridized carbons (Fsp3) is 0.211. The Kier molecular flexibility index (Phi) is 4.70. The minimum atomic E-state index is -0.472. The van der Waals surface area contributed by atoms with Crippen LogP contribution in [0.3, 0.4) is 0 Å². The lowest BCUT2D eigenvalue weighted by Gasteiger charge is -2.05. The van der Waals surface area contributed by atoms with Gasteiger partial charge in [0.15, 0.2) is 5.69 Å². The Morgan fingerprint density at radius 3 is 2.08 bits per heavy atom. The zero-order chi connectivity index (χ0) is 16.9. The average Bonchev–Trinajstić information content (AvgIpc) is 3.12. The number of carbonyl (C=O) groups excluding carboxylic acids is 1. The molecule has 1 heterocycles. The summed E-state index contributed by atoms with van der Waals surface area (Å²) >= 11 is 0. The summed E-state index contributed by atoms with van der Waals surface area (Å²) in [5, 5.41) is 10.5. The number of nitrogens with one attached hydrogen (secondary N) is 1. The maximum absolute atomic E-state index is 11.9. The van der Waals surface area contributed by atoms with Gasteiger partial charge in [0.25, 0.3) is 0 Å². The largest absolute Gasteiger partial charge is 0.461 e. The Bertz CT molecular complexity index is 821. The predicted molar refractivity (Wildman–Crippen MR) is 92.6 cm³/mol. The van der Waals surface area contributed by atoms with Crippen molar-refractivity contribution in [2.45, 2.75) is 20.3 Å². The molecule has 3 rings (SSSR count). The standard InChI is InChI=1S/C19H19N3O2/c1-3-13-5-7-14(8-6-13)15-9-11-16(12-10-15)17-18(21-22-20-17)19(23)24-4-2/h5-12H,3-4H2,1-2H3,(H,20,21,22). The van der Waals surface area contributed by atoms with Gasteiger partial charge in [-0.2, -0.15) is 10.3 Å². The van der Waals surface area contributed by atoms with Crippen molar-refractivity contribution in [2.75, 3.05) is 6.61 Å². The van der Waals surface area contributed by atoms with E-state index in [0.717, 1.165) is 23.1 Å². The highest BCUT2D eigenvalue weighted by Crippen LogP contribution is 2.25. The molecule has 122 valence electrons. The molecule has 24 heavy (non-hydrogen) atoms. The Balaban J connectivity index is 1.87. The molecule has 0 unspecified atom stereocenters. The fourth-order valence-electron chi connectivity index (χ4n) is 2.53. The van der Waals surface area contributed by atoms with Gasteiger partial charge >= 0.3 is 5.97 Å². The van der Waals surface area contributed by atoms with E-state index in [2.05, 4.69) is 46.6 Å². The molecule has 0 fully saturated rings. The summed E-state index contributed by atoms with van der Waals surface area (Å²) in [6.07, 6.45) is 1.03. The lowest BCUT2D eigenvalue weighted by molar-refractivity contribution is 0.0520. The highest BCUT2D eigenvalue weighted by Gasteiger charge is 2.18. The minimum Gasteiger partial charge on any atom is -0.461 e. The van der Waals surface area contributed by atoms with Gasteiger partial charge in [-0.3, -0.25) is 0 Å². The summed E-state index contributed by atoms with van der Waals surface area (Å²) in [5.41, 5.74) is 5.11. The molecule has 0 saturated heterocycles. The number of aromatic nitrogens is 3. The average molecular weight is 321 g/mol. The molecule has 1 N–H and O–H groups in total. The molecule has 5 heteroatoms. The van der Waals surface area contributed by atoms with E-state index < -0.39 is 5.97 Å². The summed E-state index contributed by atoms with van der Waals surface area (Å²) in [7, 11) is 0. The second kappa shape index (κ2) is 7.08. The van der Waals surface area contributed by atoms with Crippen LogP contribution in [0.2, 0.25) is 0 Å². The fourth-order valence-corrected chi connectivity index (χ4v) is 2.53.